The first-order valence-electron chi connectivity index (χ1n) is 8.67. The first kappa shape index (κ1) is 18.5. The van der Waals surface area contributed by atoms with Crippen LogP contribution in [-0.2, 0) is 0 Å². The Balaban J connectivity index is 2.18. The van der Waals surface area contributed by atoms with Crippen molar-refractivity contribution in [3.8, 4) is 5.75 Å². The van der Waals surface area contributed by atoms with Gasteiger partial charge in [-0.15, -0.1) is 0 Å². The third-order valence-corrected chi connectivity index (χ3v) is 4.92. The van der Waals surface area contributed by atoms with E-state index in [0.717, 1.165) is 38.2 Å². The maximum absolute atomic E-state index is 6.41. The maximum atomic E-state index is 6.41. The predicted octanol–water partition coefficient (Wildman–Crippen LogP) is 3.15. The van der Waals surface area contributed by atoms with Gasteiger partial charge in [0.25, 0.3) is 0 Å². The van der Waals surface area contributed by atoms with Gasteiger partial charge in [-0.3, -0.25) is 4.90 Å². The van der Waals surface area contributed by atoms with Gasteiger partial charge in [0.1, 0.15) is 5.75 Å². The molecule has 0 radical (unpaired) electrons. The minimum Gasteiger partial charge on any atom is -0.492 e. The number of hydrogen-bond donors (Lipinski definition) is 1. The van der Waals surface area contributed by atoms with Crippen LogP contribution in [0, 0.1) is 0 Å². The van der Waals surface area contributed by atoms with Crippen LogP contribution in [0.1, 0.15) is 38.3 Å². The number of benzene rings is 1. The fourth-order valence-electron chi connectivity index (χ4n) is 3.32. The molecule has 1 fully saturated rings. The SMILES string of the molecule is CCCOc1ccc(C(CN)N2CCN(C)CC2CC)cc1Cl. The van der Waals surface area contributed by atoms with E-state index in [1.54, 1.807) is 0 Å². The van der Waals surface area contributed by atoms with Gasteiger partial charge in [0, 0.05) is 38.3 Å². The average molecular weight is 340 g/mol. The highest BCUT2D eigenvalue weighted by molar-refractivity contribution is 6.32. The van der Waals surface area contributed by atoms with Gasteiger partial charge in [-0.05, 0) is 37.6 Å². The van der Waals surface area contributed by atoms with Gasteiger partial charge in [-0.2, -0.15) is 0 Å². The molecule has 130 valence electrons. The molecule has 1 heterocycles. The quantitative estimate of drug-likeness (QED) is 0.828. The van der Waals surface area contributed by atoms with Crippen molar-refractivity contribution in [2.45, 2.75) is 38.8 Å². The summed E-state index contributed by atoms with van der Waals surface area (Å²) in [7, 11) is 2.19. The molecule has 4 nitrogen and oxygen atoms in total. The van der Waals surface area contributed by atoms with E-state index >= 15 is 0 Å². The first-order valence-corrected chi connectivity index (χ1v) is 9.05. The zero-order chi connectivity index (χ0) is 16.8. The zero-order valence-electron chi connectivity index (χ0n) is 14.6. The maximum Gasteiger partial charge on any atom is 0.137 e. The minimum absolute atomic E-state index is 0.214. The summed E-state index contributed by atoms with van der Waals surface area (Å²) >= 11 is 6.41. The van der Waals surface area contributed by atoms with Gasteiger partial charge in [0.2, 0.25) is 0 Å². The number of ether oxygens (including phenoxy) is 1. The van der Waals surface area contributed by atoms with Crippen molar-refractivity contribution in [2.75, 3.05) is 39.8 Å². The largest absolute Gasteiger partial charge is 0.492 e. The van der Waals surface area contributed by atoms with Gasteiger partial charge in [0.05, 0.1) is 11.6 Å². The lowest BCUT2D eigenvalue weighted by Gasteiger charge is -2.44. The molecular weight excluding hydrogens is 310 g/mol. The molecule has 1 aromatic carbocycles. The molecular formula is C18H30ClN3O. The lowest BCUT2D eigenvalue weighted by molar-refractivity contribution is 0.0521. The second-order valence-electron chi connectivity index (χ2n) is 6.35. The van der Waals surface area contributed by atoms with E-state index in [1.807, 2.05) is 12.1 Å². The van der Waals surface area contributed by atoms with E-state index in [4.69, 9.17) is 22.1 Å². The molecule has 1 saturated heterocycles. The van der Waals surface area contributed by atoms with E-state index < -0.39 is 0 Å². The van der Waals surface area contributed by atoms with E-state index in [1.165, 1.54) is 5.56 Å². The molecule has 1 aliphatic heterocycles. The number of hydrogen-bond acceptors (Lipinski definition) is 4. The standard InChI is InChI=1S/C18H30ClN3O/c1-4-10-23-18-7-6-14(11-16(18)19)17(12-20)22-9-8-21(3)13-15(22)5-2/h6-7,11,15,17H,4-5,8-10,12-13,20H2,1-3H3. The van der Waals surface area contributed by atoms with Crippen molar-refractivity contribution in [3.05, 3.63) is 28.8 Å². The van der Waals surface area contributed by atoms with Crippen LogP contribution < -0.4 is 10.5 Å². The Morgan fingerprint density at radius 3 is 2.74 bits per heavy atom. The molecule has 0 bridgehead atoms. The lowest BCUT2D eigenvalue weighted by Crippen LogP contribution is -2.53. The number of likely N-dealkylation sites (N-methyl/N-ethyl adjacent to an activating group) is 1. The molecule has 2 N–H and O–H groups in total. The van der Waals surface area contributed by atoms with Crippen molar-refractivity contribution in [2.24, 2.45) is 5.73 Å². The Bertz CT molecular complexity index is 497. The zero-order valence-corrected chi connectivity index (χ0v) is 15.4. The summed E-state index contributed by atoms with van der Waals surface area (Å²) in [5.41, 5.74) is 7.31. The Kier molecular flexibility index (Phi) is 7.15. The van der Waals surface area contributed by atoms with Gasteiger partial charge in [0.15, 0.2) is 0 Å². The number of nitrogens with two attached hydrogens (primary N) is 1. The van der Waals surface area contributed by atoms with E-state index in [2.05, 4.69) is 36.8 Å². The molecule has 2 rings (SSSR count). The summed E-state index contributed by atoms with van der Waals surface area (Å²) in [6.45, 7) is 8.85. The van der Waals surface area contributed by atoms with Gasteiger partial charge >= 0.3 is 0 Å². The molecule has 2 unspecified atom stereocenters. The molecule has 5 heteroatoms. The molecule has 1 aliphatic rings. The van der Waals surface area contributed by atoms with Crippen LogP contribution in [-0.4, -0.2) is 55.7 Å². The molecule has 0 amide bonds. The summed E-state index contributed by atoms with van der Waals surface area (Å²) in [5.74, 6) is 0.762. The van der Waals surface area contributed by atoms with Crippen LogP contribution in [0.3, 0.4) is 0 Å². The third-order valence-electron chi connectivity index (χ3n) is 4.63. The Labute approximate surface area is 145 Å². The fourth-order valence-corrected chi connectivity index (χ4v) is 3.56. The summed E-state index contributed by atoms with van der Waals surface area (Å²) in [6, 6.07) is 6.87. The summed E-state index contributed by atoms with van der Waals surface area (Å²) in [4.78, 5) is 4.94. The number of rotatable bonds is 7. The smallest absolute Gasteiger partial charge is 0.137 e. The summed E-state index contributed by atoms with van der Waals surface area (Å²) in [5, 5.41) is 0.677. The predicted molar refractivity (Wildman–Crippen MR) is 97.3 cm³/mol. The van der Waals surface area contributed by atoms with Gasteiger partial charge < -0.3 is 15.4 Å². The Hall–Kier alpha value is -0.810. The van der Waals surface area contributed by atoms with Gasteiger partial charge in [-0.25, -0.2) is 0 Å². The highest BCUT2D eigenvalue weighted by Crippen LogP contribution is 2.32. The van der Waals surface area contributed by atoms with E-state index in [-0.39, 0.29) is 6.04 Å². The van der Waals surface area contributed by atoms with E-state index in [0.29, 0.717) is 24.2 Å². The van der Waals surface area contributed by atoms with Crippen molar-refractivity contribution >= 4 is 11.6 Å². The van der Waals surface area contributed by atoms with Crippen LogP contribution in [0.25, 0.3) is 0 Å². The van der Waals surface area contributed by atoms with Crippen LogP contribution in [0.4, 0.5) is 0 Å². The molecule has 0 spiro atoms. The van der Waals surface area contributed by atoms with Gasteiger partial charge in [-0.1, -0.05) is 31.5 Å². The van der Waals surface area contributed by atoms with Crippen LogP contribution in [0.2, 0.25) is 5.02 Å². The highest BCUT2D eigenvalue weighted by atomic mass is 35.5. The molecule has 1 aromatic rings. The molecule has 0 saturated carbocycles. The summed E-state index contributed by atoms with van der Waals surface area (Å²) in [6.07, 6.45) is 2.11. The lowest BCUT2D eigenvalue weighted by atomic mass is 10.00. The summed E-state index contributed by atoms with van der Waals surface area (Å²) < 4.78 is 5.67. The second kappa shape index (κ2) is 8.88. The fraction of sp³-hybridized carbons (Fsp3) is 0.667. The van der Waals surface area contributed by atoms with Crippen molar-refractivity contribution in [1.29, 1.82) is 0 Å². The molecule has 23 heavy (non-hydrogen) atoms. The van der Waals surface area contributed by atoms with Crippen LogP contribution in [0.5, 0.6) is 5.75 Å². The first-order chi connectivity index (χ1) is 11.1. The Morgan fingerprint density at radius 2 is 2.13 bits per heavy atom. The number of nitrogens with zero attached hydrogens (tertiary/aromatic N) is 2. The molecule has 0 aliphatic carbocycles. The van der Waals surface area contributed by atoms with Crippen molar-refractivity contribution < 1.29 is 4.74 Å². The molecule has 0 aromatic heterocycles. The van der Waals surface area contributed by atoms with E-state index in [9.17, 15) is 0 Å². The number of halogens is 1. The topological polar surface area (TPSA) is 41.7 Å². The Morgan fingerprint density at radius 1 is 1.35 bits per heavy atom. The normalized spacial score (nSPS) is 21.3. The van der Waals surface area contributed by atoms with Crippen LogP contribution in [0.15, 0.2) is 18.2 Å². The highest BCUT2D eigenvalue weighted by Gasteiger charge is 2.30. The average Bonchev–Trinajstić information content (AvgIpc) is 2.56. The third kappa shape index (κ3) is 4.60. The van der Waals surface area contributed by atoms with Crippen molar-refractivity contribution in [3.63, 3.8) is 0 Å². The number of piperazine rings is 1. The van der Waals surface area contributed by atoms with Crippen molar-refractivity contribution in [1.82, 2.24) is 9.80 Å². The second-order valence-corrected chi connectivity index (χ2v) is 6.76. The van der Waals surface area contributed by atoms with Crippen LogP contribution >= 0.6 is 11.6 Å². The monoisotopic (exact) mass is 339 g/mol. The molecule has 2 atom stereocenters. The minimum atomic E-state index is 0.214.